The van der Waals surface area contributed by atoms with Crippen molar-refractivity contribution in [1.29, 1.82) is 0 Å². The molecule has 2 nitrogen and oxygen atoms in total. The van der Waals surface area contributed by atoms with Crippen molar-refractivity contribution in [3.8, 4) is 0 Å². The summed E-state index contributed by atoms with van der Waals surface area (Å²) >= 11 is 0. The number of nitrogens with two attached hydrogens (primary N) is 1. The smallest absolute Gasteiger partial charge is 0.0414 e. The van der Waals surface area contributed by atoms with E-state index in [0.717, 1.165) is 12.3 Å². The van der Waals surface area contributed by atoms with Crippen molar-refractivity contribution in [2.24, 2.45) is 11.7 Å². The molecule has 0 radical (unpaired) electrons. The van der Waals surface area contributed by atoms with E-state index in [-0.39, 0.29) is 6.04 Å². The van der Waals surface area contributed by atoms with Crippen LogP contribution in [0.4, 0.5) is 5.69 Å². The molecule has 0 aromatic heterocycles. The van der Waals surface area contributed by atoms with Gasteiger partial charge in [-0.2, -0.15) is 0 Å². The van der Waals surface area contributed by atoms with Crippen molar-refractivity contribution < 1.29 is 0 Å². The Kier molecular flexibility index (Phi) is 4.06. The van der Waals surface area contributed by atoms with Gasteiger partial charge in [-0.25, -0.2) is 0 Å². The molecular weight excluding hydrogens is 208 g/mol. The van der Waals surface area contributed by atoms with E-state index in [9.17, 15) is 0 Å². The number of piperidine rings is 1. The second-order valence-corrected chi connectivity index (χ2v) is 5.27. The minimum atomic E-state index is 0.170. The lowest BCUT2D eigenvalue weighted by Crippen LogP contribution is -2.35. The fourth-order valence-corrected chi connectivity index (χ4v) is 2.72. The van der Waals surface area contributed by atoms with Crippen molar-refractivity contribution in [3.63, 3.8) is 0 Å². The second-order valence-electron chi connectivity index (χ2n) is 5.27. The highest BCUT2D eigenvalue weighted by Crippen LogP contribution is 2.30. The minimum Gasteiger partial charge on any atom is -0.371 e. The molecule has 1 fully saturated rings. The molecule has 1 aromatic carbocycles. The molecule has 2 heteroatoms. The van der Waals surface area contributed by atoms with Crippen LogP contribution < -0.4 is 10.6 Å². The first kappa shape index (κ1) is 12.4. The Hall–Kier alpha value is -1.02. The lowest BCUT2D eigenvalue weighted by atomic mass is 9.97. The third kappa shape index (κ3) is 2.81. The van der Waals surface area contributed by atoms with E-state index >= 15 is 0 Å². The van der Waals surface area contributed by atoms with Crippen molar-refractivity contribution in [3.05, 3.63) is 29.8 Å². The summed E-state index contributed by atoms with van der Waals surface area (Å²) < 4.78 is 0. The van der Waals surface area contributed by atoms with Gasteiger partial charge in [0.05, 0.1) is 0 Å². The highest BCUT2D eigenvalue weighted by molar-refractivity contribution is 5.55. The van der Waals surface area contributed by atoms with Gasteiger partial charge in [-0.1, -0.05) is 32.0 Å². The Morgan fingerprint density at radius 1 is 1.41 bits per heavy atom. The third-order valence-corrected chi connectivity index (χ3v) is 3.77. The number of hydrogen-bond donors (Lipinski definition) is 1. The van der Waals surface area contributed by atoms with E-state index in [1.807, 2.05) is 0 Å². The molecule has 0 aliphatic carbocycles. The summed E-state index contributed by atoms with van der Waals surface area (Å²) in [6.07, 6.45) is 3.66. The zero-order valence-electron chi connectivity index (χ0n) is 11.0. The molecule has 2 rings (SSSR count). The van der Waals surface area contributed by atoms with Gasteiger partial charge < -0.3 is 10.6 Å². The first-order chi connectivity index (χ1) is 8.22. The van der Waals surface area contributed by atoms with Crippen LogP contribution in [0.25, 0.3) is 0 Å². The molecule has 2 unspecified atom stereocenters. The second kappa shape index (κ2) is 5.54. The van der Waals surface area contributed by atoms with Gasteiger partial charge in [0.15, 0.2) is 0 Å². The highest BCUT2D eigenvalue weighted by Gasteiger charge is 2.20. The zero-order valence-corrected chi connectivity index (χ0v) is 11.0. The van der Waals surface area contributed by atoms with Crippen LogP contribution in [0.2, 0.25) is 0 Å². The fraction of sp³-hybridized carbons (Fsp3) is 0.600. The predicted molar refractivity (Wildman–Crippen MR) is 74.3 cm³/mol. The van der Waals surface area contributed by atoms with E-state index in [0.29, 0.717) is 0 Å². The summed E-state index contributed by atoms with van der Waals surface area (Å²) in [6.45, 7) is 6.85. The standard InChI is InChI=1S/C15H24N2/c1-3-14(16)13-8-4-5-9-15(13)17-10-6-7-12(2)11-17/h4-5,8-9,12,14H,3,6-7,10-11,16H2,1-2H3. The molecule has 1 saturated heterocycles. The van der Waals surface area contributed by atoms with Crippen LogP contribution in [-0.2, 0) is 0 Å². The van der Waals surface area contributed by atoms with Crippen LogP contribution in [0.5, 0.6) is 0 Å². The SMILES string of the molecule is CCC(N)c1ccccc1N1CCCC(C)C1. The molecule has 1 aromatic rings. The molecule has 0 amide bonds. The average Bonchev–Trinajstić information content (AvgIpc) is 2.38. The summed E-state index contributed by atoms with van der Waals surface area (Å²) in [5.41, 5.74) is 8.87. The highest BCUT2D eigenvalue weighted by atomic mass is 15.1. The molecule has 1 heterocycles. The van der Waals surface area contributed by atoms with Crippen LogP contribution in [0.15, 0.2) is 24.3 Å². The molecule has 2 N–H and O–H groups in total. The van der Waals surface area contributed by atoms with Gasteiger partial charge in [0.2, 0.25) is 0 Å². The van der Waals surface area contributed by atoms with Crippen molar-refractivity contribution in [1.82, 2.24) is 0 Å². The maximum Gasteiger partial charge on any atom is 0.0414 e. The molecule has 1 aliphatic heterocycles. The number of hydrogen-bond acceptors (Lipinski definition) is 2. The lowest BCUT2D eigenvalue weighted by Gasteiger charge is -2.35. The number of nitrogens with zero attached hydrogens (tertiary/aromatic N) is 1. The number of benzene rings is 1. The largest absolute Gasteiger partial charge is 0.371 e. The summed E-state index contributed by atoms with van der Waals surface area (Å²) in [5.74, 6) is 0.801. The zero-order chi connectivity index (χ0) is 12.3. The Balaban J connectivity index is 2.24. The van der Waals surface area contributed by atoms with Crippen LogP contribution >= 0.6 is 0 Å². The van der Waals surface area contributed by atoms with Gasteiger partial charge >= 0.3 is 0 Å². The average molecular weight is 232 g/mol. The molecule has 2 atom stereocenters. The Bertz CT molecular complexity index is 362. The predicted octanol–water partition coefficient (Wildman–Crippen LogP) is 3.33. The quantitative estimate of drug-likeness (QED) is 0.866. The van der Waals surface area contributed by atoms with Gasteiger partial charge in [-0.15, -0.1) is 0 Å². The number of rotatable bonds is 3. The van der Waals surface area contributed by atoms with Crippen LogP contribution in [0.1, 0.15) is 44.7 Å². The fourth-order valence-electron chi connectivity index (χ4n) is 2.72. The molecule has 0 spiro atoms. The van der Waals surface area contributed by atoms with E-state index in [1.165, 1.54) is 37.2 Å². The minimum absolute atomic E-state index is 0.170. The Morgan fingerprint density at radius 3 is 2.88 bits per heavy atom. The van der Waals surface area contributed by atoms with E-state index in [4.69, 9.17) is 5.73 Å². The van der Waals surface area contributed by atoms with Crippen LogP contribution in [0.3, 0.4) is 0 Å². The van der Waals surface area contributed by atoms with Gasteiger partial charge in [0, 0.05) is 24.8 Å². The first-order valence-corrected chi connectivity index (χ1v) is 6.81. The van der Waals surface area contributed by atoms with Crippen molar-refractivity contribution in [2.75, 3.05) is 18.0 Å². The molecule has 94 valence electrons. The Morgan fingerprint density at radius 2 is 2.18 bits per heavy atom. The summed E-state index contributed by atoms with van der Waals surface area (Å²) in [7, 11) is 0. The summed E-state index contributed by atoms with van der Waals surface area (Å²) in [4.78, 5) is 2.51. The maximum atomic E-state index is 6.21. The molecule has 17 heavy (non-hydrogen) atoms. The van der Waals surface area contributed by atoms with Crippen molar-refractivity contribution in [2.45, 2.75) is 39.2 Å². The van der Waals surface area contributed by atoms with Gasteiger partial charge in [0.1, 0.15) is 0 Å². The summed E-state index contributed by atoms with van der Waals surface area (Å²) in [6, 6.07) is 8.80. The molecule has 1 aliphatic rings. The molecule has 0 bridgehead atoms. The number of para-hydroxylation sites is 1. The van der Waals surface area contributed by atoms with Crippen molar-refractivity contribution >= 4 is 5.69 Å². The van der Waals surface area contributed by atoms with E-state index in [1.54, 1.807) is 0 Å². The van der Waals surface area contributed by atoms with Gasteiger partial charge in [0.25, 0.3) is 0 Å². The van der Waals surface area contributed by atoms with E-state index in [2.05, 4.69) is 43.0 Å². The maximum absolute atomic E-state index is 6.21. The monoisotopic (exact) mass is 232 g/mol. The normalized spacial score (nSPS) is 22.5. The first-order valence-electron chi connectivity index (χ1n) is 6.81. The number of anilines is 1. The van der Waals surface area contributed by atoms with Gasteiger partial charge in [-0.05, 0) is 36.8 Å². The molecule has 0 saturated carbocycles. The third-order valence-electron chi connectivity index (χ3n) is 3.77. The lowest BCUT2D eigenvalue weighted by molar-refractivity contribution is 0.445. The van der Waals surface area contributed by atoms with E-state index < -0.39 is 0 Å². The molecular formula is C15H24N2. The summed E-state index contributed by atoms with van der Waals surface area (Å²) in [5, 5.41) is 0. The van der Waals surface area contributed by atoms with Gasteiger partial charge in [-0.3, -0.25) is 0 Å². The Labute approximate surface area is 105 Å². The van der Waals surface area contributed by atoms with Crippen LogP contribution in [-0.4, -0.2) is 13.1 Å². The van der Waals surface area contributed by atoms with Crippen LogP contribution in [0, 0.1) is 5.92 Å². The topological polar surface area (TPSA) is 29.3 Å².